The Bertz CT molecular complexity index is 452. The Kier molecular flexibility index (Phi) is 3.92. The number of nitrogens with one attached hydrogen (secondary N) is 1. The van der Waals surface area contributed by atoms with Gasteiger partial charge in [0.1, 0.15) is 5.54 Å². The number of carbonyl (C=O) groups is 1. The molecule has 0 spiro atoms. The van der Waals surface area contributed by atoms with Gasteiger partial charge in [-0.2, -0.15) is 0 Å². The van der Waals surface area contributed by atoms with Gasteiger partial charge in [0, 0.05) is 29.6 Å². The van der Waals surface area contributed by atoms with Crippen LogP contribution in [0.2, 0.25) is 0 Å². The summed E-state index contributed by atoms with van der Waals surface area (Å²) in [6, 6.07) is 7.72. The van der Waals surface area contributed by atoms with Gasteiger partial charge in [-0.25, -0.2) is 0 Å². The van der Waals surface area contributed by atoms with Gasteiger partial charge in [0.05, 0.1) is 6.10 Å². The summed E-state index contributed by atoms with van der Waals surface area (Å²) < 4.78 is 6.45. The molecular formula is C13H17BrN2O2. The van der Waals surface area contributed by atoms with Crippen molar-refractivity contribution in [1.82, 2.24) is 0 Å². The third-order valence-electron chi connectivity index (χ3n) is 3.25. The summed E-state index contributed by atoms with van der Waals surface area (Å²) in [5.41, 5.74) is 5.76. The summed E-state index contributed by atoms with van der Waals surface area (Å²) in [5, 5.41) is 3.28. The fourth-order valence-electron chi connectivity index (χ4n) is 2.33. The van der Waals surface area contributed by atoms with Gasteiger partial charge in [0.25, 0.3) is 0 Å². The van der Waals surface area contributed by atoms with Crippen LogP contribution in [0.5, 0.6) is 0 Å². The maximum Gasteiger partial charge on any atom is 0.243 e. The highest BCUT2D eigenvalue weighted by Crippen LogP contribution is 2.29. The van der Waals surface area contributed by atoms with Crippen molar-refractivity contribution in [3.05, 3.63) is 28.7 Å². The number of carbonyl (C=O) groups excluding carboxylic acids is 1. The van der Waals surface area contributed by atoms with Crippen molar-refractivity contribution < 1.29 is 9.53 Å². The van der Waals surface area contributed by atoms with Crippen LogP contribution in [-0.2, 0) is 9.53 Å². The number of amides is 1. The number of nitrogens with two attached hydrogens (primary N) is 1. The lowest BCUT2D eigenvalue weighted by Crippen LogP contribution is -2.55. The maximum absolute atomic E-state index is 11.8. The molecule has 1 fully saturated rings. The number of halogens is 1. The molecule has 2 atom stereocenters. The molecule has 98 valence electrons. The van der Waals surface area contributed by atoms with E-state index >= 15 is 0 Å². The van der Waals surface area contributed by atoms with Gasteiger partial charge >= 0.3 is 0 Å². The average molecular weight is 313 g/mol. The maximum atomic E-state index is 11.8. The molecule has 0 saturated carbocycles. The molecule has 1 aliphatic heterocycles. The summed E-state index contributed by atoms with van der Waals surface area (Å²) in [6.45, 7) is 2.50. The Labute approximate surface area is 115 Å². The first-order chi connectivity index (χ1) is 8.52. The quantitative estimate of drug-likeness (QED) is 0.900. The van der Waals surface area contributed by atoms with Crippen LogP contribution >= 0.6 is 15.9 Å². The molecule has 5 heteroatoms. The molecule has 1 aromatic carbocycles. The monoisotopic (exact) mass is 312 g/mol. The highest BCUT2D eigenvalue weighted by molar-refractivity contribution is 9.10. The van der Waals surface area contributed by atoms with E-state index < -0.39 is 5.54 Å². The van der Waals surface area contributed by atoms with E-state index in [-0.39, 0.29) is 12.0 Å². The number of hydrogen-bond acceptors (Lipinski definition) is 3. The van der Waals surface area contributed by atoms with Crippen LogP contribution in [0, 0.1) is 0 Å². The van der Waals surface area contributed by atoms with Crippen molar-refractivity contribution in [1.29, 1.82) is 0 Å². The molecule has 1 aliphatic rings. The Balaban J connectivity index is 2.23. The molecule has 3 N–H and O–H groups in total. The molecule has 2 unspecified atom stereocenters. The SMILES string of the molecule is CC1CC(Nc2cccc(Br)c2)(C(N)=O)CCO1. The van der Waals surface area contributed by atoms with Crippen LogP contribution in [0.15, 0.2) is 28.7 Å². The smallest absolute Gasteiger partial charge is 0.243 e. The Hall–Kier alpha value is -1.07. The first kappa shape index (κ1) is 13.4. The fourth-order valence-corrected chi connectivity index (χ4v) is 2.73. The van der Waals surface area contributed by atoms with Crippen molar-refractivity contribution in [3.63, 3.8) is 0 Å². The number of primary amides is 1. The Morgan fingerprint density at radius 1 is 1.61 bits per heavy atom. The second-order valence-corrected chi connectivity index (χ2v) is 5.63. The largest absolute Gasteiger partial charge is 0.378 e. The van der Waals surface area contributed by atoms with E-state index in [1.54, 1.807) is 0 Å². The zero-order chi connectivity index (χ0) is 13.2. The van der Waals surface area contributed by atoms with E-state index in [1.165, 1.54) is 0 Å². The van der Waals surface area contributed by atoms with Gasteiger partial charge in [0.15, 0.2) is 0 Å². The lowest BCUT2D eigenvalue weighted by Gasteiger charge is -2.38. The second-order valence-electron chi connectivity index (χ2n) is 4.72. The topological polar surface area (TPSA) is 64.3 Å². The third kappa shape index (κ3) is 2.84. The van der Waals surface area contributed by atoms with E-state index in [1.807, 2.05) is 31.2 Å². The second kappa shape index (κ2) is 5.28. The molecule has 18 heavy (non-hydrogen) atoms. The minimum atomic E-state index is -0.710. The van der Waals surface area contributed by atoms with Crippen molar-refractivity contribution in [3.8, 4) is 0 Å². The standard InChI is InChI=1S/C13H17BrN2O2/c1-9-8-13(12(15)17,5-6-18-9)16-11-4-2-3-10(14)7-11/h2-4,7,9,16H,5-6,8H2,1H3,(H2,15,17). The van der Waals surface area contributed by atoms with Crippen molar-refractivity contribution in [2.45, 2.75) is 31.4 Å². The van der Waals surface area contributed by atoms with Crippen LogP contribution < -0.4 is 11.1 Å². The molecule has 1 aromatic rings. The van der Waals surface area contributed by atoms with Gasteiger partial charge in [-0.1, -0.05) is 22.0 Å². The lowest BCUT2D eigenvalue weighted by molar-refractivity contribution is -0.127. The molecular weight excluding hydrogens is 296 g/mol. The summed E-state index contributed by atoms with van der Waals surface area (Å²) in [4.78, 5) is 11.8. The van der Waals surface area contributed by atoms with Crippen LogP contribution in [0.4, 0.5) is 5.69 Å². The van der Waals surface area contributed by atoms with Gasteiger partial charge in [0.2, 0.25) is 5.91 Å². The van der Waals surface area contributed by atoms with Crippen LogP contribution in [0.3, 0.4) is 0 Å². The first-order valence-corrected chi connectivity index (χ1v) is 6.76. The Morgan fingerprint density at radius 2 is 2.39 bits per heavy atom. The van der Waals surface area contributed by atoms with E-state index in [2.05, 4.69) is 21.2 Å². The zero-order valence-electron chi connectivity index (χ0n) is 10.3. The zero-order valence-corrected chi connectivity index (χ0v) is 11.9. The van der Waals surface area contributed by atoms with E-state index in [4.69, 9.17) is 10.5 Å². The number of anilines is 1. The number of hydrogen-bond donors (Lipinski definition) is 2. The summed E-state index contributed by atoms with van der Waals surface area (Å²) >= 11 is 3.41. The van der Waals surface area contributed by atoms with Gasteiger partial charge < -0.3 is 15.8 Å². The molecule has 1 heterocycles. The molecule has 1 amide bonds. The molecule has 0 aliphatic carbocycles. The van der Waals surface area contributed by atoms with Crippen LogP contribution in [-0.4, -0.2) is 24.2 Å². The van der Waals surface area contributed by atoms with Gasteiger partial charge in [-0.05, 0) is 25.1 Å². The fraction of sp³-hybridized carbons (Fsp3) is 0.462. The molecule has 1 saturated heterocycles. The molecule has 0 aromatic heterocycles. The summed E-state index contributed by atoms with van der Waals surface area (Å²) in [7, 11) is 0. The molecule has 4 nitrogen and oxygen atoms in total. The highest BCUT2D eigenvalue weighted by Gasteiger charge is 2.40. The van der Waals surface area contributed by atoms with E-state index in [9.17, 15) is 4.79 Å². The van der Waals surface area contributed by atoms with Crippen molar-refractivity contribution in [2.24, 2.45) is 5.73 Å². The minimum Gasteiger partial charge on any atom is -0.378 e. The van der Waals surface area contributed by atoms with Crippen molar-refractivity contribution in [2.75, 3.05) is 11.9 Å². The lowest BCUT2D eigenvalue weighted by atomic mass is 9.86. The predicted octanol–water partition coefficient (Wildman–Crippen LogP) is 2.28. The molecule has 0 radical (unpaired) electrons. The van der Waals surface area contributed by atoms with Crippen LogP contribution in [0.25, 0.3) is 0 Å². The summed E-state index contributed by atoms with van der Waals surface area (Å²) in [6.07, 6.45) is 1.22. The van der Waals surface area contributed by atoms with Gasteiger partial charge in [-0.15, -0.1) is 0 Å². The minimum absolute atomic E-state index is 0.0332. The number of rotatable bonds is 3. The normalized spacial score (nSPS) is 27.8. The molecule has 0 bridgehead atoms. The summed E-state index contributed by atoms with van der Waals surface area (Å²) in [5.74, 6) is -0.322. The number of benzene rings is 1. The van der Waals surface area contributed by atoms with E-state index in [0.717, 1.165) is 10.2 Å². The van der Waals surface area contributed by atoms with Gasteiger partial charge in [-0.3, -0.25) is 4.79 Å². The van der Waals surface area contributed by atoms with E-state index in [0.29, 0.717) is 19.4 Å². The highest BCUT2D eigenvalue weighted by atomic mass is 79.9. The Morgan fingerprint density at radius 3 is 3.00 bits per heavy atom. The number of ether oxygens (including phenoxy) is 1. The molecule has 2 rings (SSSR count). The predicted molar refractivity (Wildman–Crippen MR) is 74.3 cm³/mol. The average Bonchev–Trinajstić information content (AvgIpc) is 2.28. The first-order valence-electron chi connectivity index (χ1n) is 5.97. The third-order valence-corrected chi connectivity index (χ3v) is 3.74. The van der Waals surface area contributed by atoms with Crippen molar-refractivity contribution >= 4 is 27.5 Å². The van der Waals surface area contributed by atoms with Crippen LogP contribution in [0.1, 0.15) is 19.8 Å².